The van der Waals surface area contributed by atoms with Crippen LogP contribution in [0.5, 0.6) is 5.95 Å². The molecule has 0 aliphatic heterocycles. The summed E-state index contributed by atoms with van der Waals surface area (Å²) in [4.78, 5) is 0. The van der Waals surface area contributed by atoms with E-state index in [9.17, 15) is 17.3 Å². The van der Waals surface area contributed by atoms with E-state index in [1.165, 1.54) is 0 Å². The summed E-state index contributed by atoms with van der Waals surface area (Å²) in [6.07, 6.45) is 1.57. The van der Waals surface area contributed by atoms with Gasteiger partial charge in [-0.05, 0) is 6.07 Å². The molecule has 0 unspecified atom stereocenters. The van der Waals surface area contributed by atoms with Crippen molar-refractivity contribution in [3.63, 3.8) is 0 Å². The SMILES string of the molecule is COc1cccc[o+]1.F[B-](F)(F)F. The lowest BCUT2D eigenvalue weighted by molar-refractivity contribution is 0.297. The Hall–Kier alpha value is -1.27. The normalized spacial score (nSPS) is 9.92. The first kappa shape index (κ1) is 11.7. The van der Waals surface area contributed by atoms with E-state index < -0.39 is 7.25 Å². The summed E-state index contributed by atoms with van der Waals surface area (Å²) in [6.45, 7) is 0. The predicted molar refractivity (Wildman–Crippen MR) is 39.9 cm³/mol. The number of methoxy groups -OCH3 is 1. The summed E-state index contributed by atoms with van der Waals surface area (Å²) in [5.74, 6) is 0.535. The van der Waals surface area contributed by atoms with Crippen LogP contribution in [0.3, 0.4) is 0 Å². The molecule has 0 N–H and O–H groups in total. The van der Waals surface area contributed by atoms with Crippen molar-refractivity contribution in [1.82, 2.24) is 0 Å². The molecule has 0 aliphatic carbocycles. The maximum atomic E-state index is 9.75. The summed E-state index contributed by atoms with van der Waals surface area (Å²) in [6, 6.07) is 5.39. The van der Waals surface area contributed by atoms with Gasteiger partial charge in [0.25, 0.3) is 0 Å². The number of hydrogen-bond acceptors (Lipinski definition) is 1. The van der Waals surface area contributed by atoms with Crippen LogP contribution in [-0.2, 0) is 0 Å². The molecular formula is C6H7BF4O2. The second-order valence-electron chi connectivity index (χ2n) is 1.82. The van der Waals surface area contributed by atoms with E-state index in [2.05, 4.69) is 0 Å². The number of rotatable bonds is 1. The summed E-state index contributed by atoms with van der Waals surface area (Å²) in [7, 11) is -4.43. The number of hydrogen-bond donors (Lipinski definition) is 0. The second kappa shape index (κ2) is 5.39. The van der Waals surface area contributed by atoms with Crippen molar-refractivity contribution < 1.29 is 26.4 Å². The molecule has 0 bridgehead atoms. The minimum atomic E-state index is -6.00. The summed E-state index contributed by atoms with van der Waals surface area (Å²) in [5.41, 5.74) is 0. The minimum absolute atomic E-state index is 0.535. The third-order valence-corrected chi connectivity index (χ3v) is 0.807. The quantitative estimate of drug-likeness (QED) is 0.392. The Kier molecular flexibility index (Phi) is 4.87. The predicted octanol–water partition coefficient (Wildman–Crippen LogP) is 2.87. The minimum Gasteiger partial charge on any atom is -0.418 e. The number of halogens is 4. The lowest BCUT2D eigenvalue weighted by atomic mass is 10.3. The first-order valence-corrected chi connectivity index (χ1v) is 3.21. The molecule has 0 saturated carbocycles. The molecule has 0 saturated heterocycles. The molecule has 13 heavy (non-hydrogen) atoms. The summed E-state index contributed by atoms with van der Waals surface area (Å²) >= 11 is 0. The van der Waals surface area contributed by atoms with Crippen LogP contribution in [-0.4, -0.2) is 14.4 Å². The van der Waals surface area contributed by atoms with Crippen molar-refractivity contribution >= 4 is 7.25 Å². The van der Waals surface area contributed by atoms with Crippen molar-refractivity contribution in [2.45, 2.75) is 0 Å². The van der Waals surface area contributed by atoms with Crippen LogP contribution in [0.2, 0.25) is 0 Å². The van der Waals surface area contributed by atoms with Crippen LogP contribution in [0.1, 0.15) is 0 Å². The van der Waals surface area contributed by atoms with E-state index >= 15 is 0 Å². The fourth-order valence-electron chi connectivity index (χ4n) is 0.441. The zero-order chi connectivity index (χ0) is 10.3. The smallest absolute Gasteiger partial charge is 0.418 e. The zero-order valence-corrected chi connectivity index (χ0v) is 6.72. The molecule has 0 aliphatic rings. The highest BCUT2D eigenvalue weighted by molar-refractivity contribution is 6.50. The monoisotopic (exact) mass is 198 g/mol. The molecule has 0 amide bonds. The topological polar surface area (TPSA) is 20.5 Å². The Bertz CT molecular complexity index is 220. The molecule has 2 nitrogen and oxygen atoms in total. The van der Waals surface area contributed by atoms with Gasteiger partial charge < -0.3 is 22.0 Å². The molecular weight excluding hydrogens is 191 g/mol. The first-order chi connectivity index (χ1) is 5.93. The third kappa shape index (κ3) is 10.7. The van der Waals surface area contributed by atoms with Crippen molar-refractivity contribution in [3.05, 3.63) is 24.5 Å². The highest BCUT2D eigenvalue weighted by Gasteiger charge is 2.20. The Labute approximate surface area is 72.2 Å². The maximum absolute atomic E-state index is 9.75. The molecule has 0 aromatic carbocycles. The van der Waals surface area contributed by atoms with Crippen LogP contribution in [0.15, 0.2) is 28.9 Å². The van der Waals surface area contributed by atoms with Crippen molar-refractivity contribution in [3.8, 4) is 5.95 Å². The van der Waals surface area contributed by atoms with Gasteiger partial charge in [0, 0.05) is 6.07 Å². The van der Waals surface area contributed by atoms with Gasteiger partial charge in [-0.15, -0.1) is 0 Å². The van der Waals surface area contributed by atoms with E-state index in [0.29, 0.717) is 5.95 Å². The number of ether oxygens (including phenoxy) is 1. The fourth-order valence-corrected chi connectivity index (χ4v) is 0.441. The van der Waals surface area contributed by atoms with E-state index in [0.717, 1.165) is 0 Å². The lowest BCUT2D eigenvalue weighted by Gasteiger charge is -1.94. The van der Waals surface area contributed by atoms with E-state index in [1.54, 1.807) is 25.5 Å². The standard InChI is InChI=1S/C6H7O2.BF4/c1-7-6-4-2-3-5-8-6;2-1(3,4)5/h2-5H,1H3;/q+1;-1. The van der Waals surface area contributed by atoms with Gasteiger partial charge in [0.2, 0.25) is 6.26 Å². The molecule has 1 aromatic rings. The molecule has 74 valence electrons. The van der Waals surface area contributed by atoms with Gasteiger partial charge in [-0.1, -0.05) is 0 Å². The van der Waals surface area contributed by atoms with Crippen molar-refractivity contribution in [1.29, 1.82) is 0 Å². The van der Waals surface area contributed by atoms with Gasteiger partial charge in [-0.3, -0.25) is 4.42 Å². The average molecular weight is 198 g/mol. The Morgan fingerprint density at radius 2 is 1.77 bits per heavy atom. The van der Waals surface area contributed by atoms with Crippen LogP contribution >= 0.6 is 0 Å². The van der Waals surface area contributed by atoms with Gasteiger partial charge in [0.15, 0.2) is 7.11 Å². The van der Waals surface area contributed by atoms with E-state index in [4.69, 9.17) is 9.15 Å². The first-order valence-electron chi connectivity index (χ1n) is 3.21. The molecule has 1 heterocycles. The molecule has 7 heteroatoms. The molecule has 0 fully saturated rings. The second-order valence-corrected chi connectivity index (χ2v) is 1.82. The molecule has 0 spiro atoms. The lowest BCUT2D eigenvalue weighted by Crippen LogP contribution is -2.02. The highest BCUT2D eigenvalue weighted by Crippen LogP contribution is 2.06. The van der Waals surface area contributed by atoms with Gasteiger partial charge >= 0.3 is 13.2 Å². The molecule has 1 aromatic heterocycles. The zero-order valence-electron chi connectivity index (χ0n) is 6.72. The molecule has 1 rings (SSSR count). The summed E-state index contributed by atoms with van der Waals surface area (Å²) in [5, 5.41) is 0. The van der Waals surface area contributed by atoms with Gasteiger partial charge in [0.05, 0.1) is 6.07 Å². The fraction of sp³-hybridized carbons (Fsp3) is 0.167. The Morgan fingerprint density at radius 1 is 1.23 bits per heavy atom. The van der Waals surface area contributed by atoms with Gasteiger partial charge in [0.1, 0.15) is 0 Å². The Morgan fingerprint density at radius 3 is 2.00 bits per heavy atom. The van der Waals surface area contributed by atoms with Crippen molar-refractivity contribution in [2.75, 3.05) is 7.11 Å². The van der Waals surface area contributed by atoms with Crippen LogP contribution in [0.4, 0.5) is 17.3 Å². The van der Waals surface area contributed by atoms with E-state index in [-0.39, 0.29) is 0 Å². The van der Waals surface area contributed by atoms with Crippen molar-refractivity contribution in [2.24, 2.45) is 0 Å². The summed E-state index contributed by atoms with van der Waals surface area (Å²) < 4.78 is 48.6. The van der Waals surface area contributed by atoms with Crippen LogP contribution in [0, 0.1) is 0 Å². The van der Waals surface area contributed by atoms with Crippen LogP contribution < -0.4 is 4.74 Å². The maximum Gasteiger partial charge on any atom is 0.673 e. The van der Waals surface area contributed by atoms with Gasteiger partial charge in [-0.2, -0.15) is 0 Å². The average Bonchev–Trinajstić information content (AvgIpc) is 2.03. The highest BCUT2D eigenvalue weighted by atomic mass is 19.5. The molecule has 0 atom stereocenters. The Balaban J connectivity index is 0.000000252. The largest absolute Gasteiger partial charge is 0.673 e. The van der Waals surface area contributed by atoms with Crippen LogP contribution in [0.25, 0.3) is 0 Å². The third-order valence-electron chi connectivity index (χ3n) is 0.807. The van der Waals surface area contributed by atoms with Gasteiger partial charge in [-0.25, -0.2) is 0 Å². The van der Waals surface area contributed by atoms with E-state index in [1.807, 2.05) is 6.07 Å². The molecule has 0 radical (unpaired) electrons.